The number of hydrogen-bond donors (Lipinski definition) is 1. The molecule has 0 spiro atoms. The summed E-state index contributed by atoms with van der Waals surface area (Å²) >= 11 is 0. The number of rotatable bonds is 4. The van der Waals surface area contributed by atoms with Gasteiger partial charge in [-0.3, -0.25) is 4.79 Å². The van der Waals surface area contributed by atoms with Gasteiger partial charge in [0.1, 0.15) is 17.3 Å². The standard InChI is InChI=1S/C18H20FN5O/c19-13-1-5-15(6-2-13)23-7-9-24(10-8-23)18(25)16-11-21-17(12-20-16)22-14-3-4-14/h1-2,5-6,11-12,14H,3-4,7-10H2,(H,21,22). The molecule has 1 aromatic carbocycles. The summed E-state index contributed by atoms with van der Waals surface area (Å²) in [6, 6.07) is 6.96. The molecule has 0 atom stereocenters. The van der Waals surface area contributed by atoms with E-state index < -0.39 is 0 Å². The van der Waals surface area contributed by atoms with Crippen LogP contribution in [0.25, 0.3) is 0 Å². The number of piperazine rings is 1. The van der Waals surface area contributed by atoms with Crippen molar-refractivity contribution in [3.63, 3.8) is 0 Å². The zero-order valence-corrected chi connectivity index (χ0v) is 13.9. The van der Waals surface area contributed by atoms with Gasteiger partial charge in [0.25, 0.3) is 5.91 Å². The summed E-state index contributed by atoms with van der Waals surface area (Å²) in [5.74, 6) is 0.389. The zero-order valence-electron chi connectivity index (χ0n) is 13.9. The predicted molar refractivity (Wildman–Crippen MR) is 93.2 cm³/mol. The van der Waals surface area contributed by atoms with E-state index in [0.29, 0.717) is 37.9 Å². The molecule has 2 fully saturated rings. The van der Waals surface area contributed by atoms with Crippen LogP contribution in [0, 0.1) is 5.82 Å². The first-order valence-corrected chi connectivity index (χ1v) is 8.57. The fourth-order valence-corrected chi connectivity index (χ4v) is 2.93. The molecule has 25 heavy (non-hydrogen) atoms. The number of carbonyl (C=O) groups excluding carboxylic acids is 1. The van der Waals surface area contributed by atoms with E-state index in [9.17, 15) is 9.18 Å². The van der Waals surface area contributed by atoms with Crippen LogP contribution in [0.4, 0.5) is 15.9 Å². The number of nitrogens with one attached hydrogen (secondary N) is 1. The molecule has 1 aliphatic carbocycles. The Morgan fingerprint density at radius 1 is 1.04 bits per heavy atom. The Morgan fingerprint density at radius 2 is 1.76 bits per heavy atom. The minimum Gasteiger partial charge on any atom is -0.368 e. The third-order valence-electron chi connectivity index (χ3n) is 4.56. The number of halogens is 1. The van der Waals surface area contributed by atoms with E-state index in [1.807, 2.05) is 0 Å². The molecular weight excluding hydrogens is 321 g/mol. The first kappa shape index (κ1) is 15.8. The normalized spacial score (nSPS) is 17.5. The van der Waals surface area contributed by atoms with Gasteiger partial charge in [0.05, 0.1) is 12.4 Å². The van der Waals surface area contributed by atoms with Crippen LogP contribution in [0.15, 0.2) is 36.7 Å². The van der Waals surface area contributed by atoms with Gasteiger partial charge in [0, 0.05) is 37.9 Å². The van der Waals surface area contributed by atoms with E-state index in [0.717, 1.165) is 11.5 Å². The number of carbonyl (C=O) groups is 1. The predicted octanol–water partition coefficient (Wildman–Crippen LogP) is 2.15. The smallest absolute Gasteiger partial charge is 0.274 e. The van der Waals surface area contributed by atoms with E-state index in [-0.39, 0.29) is 11.7 Å². The highest BCUT2D eigenvalue weighted by Gasteiger charge is 2.24. The lowest BCUT2D eigenvalue weighted by atomic mass is 10.2. The molecule has 4 rings (SSSR count). The van der Waals surface area contributed by atoms with Crippen molar-refractivity contribution >= 4 is 17.4 Å². The molecule has 130 valence electrons. The van der Waals surface area contributed by atoms with Crippen molar-refractivity contribution in [3.8, 4) is 0 Å². The van der Waals surface area contributed by atoms with Gasteiger partial charge in [-0.1, -0.05) is 0 Å². The molecule has 0 bridgehead atoms. The molecule has 1 N–H and O–H groups in total. The maximum atomic E-state index is 13.0. The van der Waals surface area contributed by atoms with Crippen molar-refractivity contribution in [2.45, 2.75) is 18.9 Å². The van der Waals surface area contributed by atoms with E-state index in [4.69, 9.17) is 0 Å². The SMILES string of the molecule is O=C(c1cnc(NC2CC2)cn1)N1CCN(c2ccc(F)cc2)CC1. The Kier molecular flexibility index (Phi) is 4.21. The maximum absolute atomic E-state index is 13.0. The van der Waals surface area contributed by atoms with Crippen LogP contribution < -0.4 is 10.2 Å². The molecule has 2 aromatic rings. The van der Waals surface area contributed by atoms with Gasteiger partial charge in [-0.15, -0.1) is 0 Å². The molecule has 1 aliphatic heterocycles. The summed E-state index contributed by atoms with van der Waals surface area (Å²) in [4.78, 5) is 25.0. The van der Waals surface area contributed by atoms with Crippen LogP contribution in [0.2, 0.25) is 0 Å². The van der Waals surface area contributed by atoms with Crippen LogP contribution >= 0.6 is 0 Å². The number of hydrogen-bond acceptors (Lipinski definition) is 5. The van der Waals surface area contributed by atoms with Gasteiger partial charge < -0.3 is 15.1 Å². The summed E-state index contributed by atoms with van der Waals surface area (Å²) in [7, 11) is 0. The van der Waals surface area contributed by atoms with Crippen molar-refractivity contribution in [2.75, 3.05) is 36.4 Å². The third-order valence-corrected chi connectivity index (χ3v) is 4.56. The number of anilines is 2. The first-order valence-electron chi connectivity index (χ1n) is 8.57. The van der Waals surface area contributed by atoms with Crippen molar-refractivity contribution in [3.05, 3.63) is 48.2 Å². The minimum atomic E-state index is -0.240. The van der Waals surface area contributed by atoms with Crippen LogP contribution in [0.1, 0.15) is 23.3 Å². The number of amides is 1. The Labute approximate surface area is 145 Å². The van der Waals surface area contributed by atoms with Gasteiger partial charge in [-0.2, -0.15) is 0 Å². The molecule has 2 aliphatic rings. The molecule has 1 amide bonds. The summed E-state index contributed by atoms with van der Waals surface area (Å²) in [6.07, 6.45) is 5.50. The monoisotopic (exact) mass is 341 g/mol. The lowest BCUT2D eigenvalue weighted by Gasteiger charge is -2.35. The Hall–Kier alpha value is -2.70. The second-order valence-electron chi connectivity index (χ2n) is 6.46. The Balaban J connectivity index is 1.34. The van der Waals surface area contributed by atoms with E-state index in [1.165, 1.54) is 25.0 Å². The van der Waals surface area contributed by atoms with E-state index in [1.54, 1.807) is 29.4 Å². The van der Waals surface area contributed by atoms with Crippen molar-refractivity contribution < 1.29 is 9.18 Å². The molecule has 7 heteroatoms. The van der Waals surface area contributed by atoms with Gasteiger partial charge in [0.15, 0.2) is 0 Å². The van der Waals surface area contributed by atoms with Crippen LogP contribution in [0.5, 0.6) is 0 Å². The van der Waals surface area contributed by atoms with Crippen LogP contribution in [0.3, 0.4) is 0 Å². The average Bonchev–Trinajstić information content (AvgIpc) is 3.47. The van der Waals surface area contributed by atoms with E-state index >= 15 is 0 Å². The fraction of sp³-hybridized carbons (Fsp3) is 0.389. The molecule has 0 unspecified atom stereocenters. The quantitative estimate of drug-likeness (QED) is 0.923. The summed E-state index contributed by atoms with van der Waals surface area (Å²) in [6.45, 7) is 2.65. The second-order valence-corrected chi connectivity index (χ2v) is 6.46. The number of aromatic nitrogens is 2. The molecule has 2 heterocycles. The molecule has 0 radical (unpaired) electrons. The summed E-state index contributed by atoms with van der Waals surface area (Å²) in [5, 5.41) is 3.26. The molecule has 6 nitrogen and oxygen atoms in total. The second kappa shape index (κ2) is 6.66. The Bertz CT molecular complexity index is 737. The molecule has 1 aromatic heterocycles. The molecular formula is C18H20FN5O. The van der Waals surface area contributed by atoms with Gasteiger partial charge in [-0.05, 0) is 37.1 Å². The first-order chi connectivity index (χ1) is 12.2. The average molecular weight is 341 g/mol. The largest absolute Gasteiger partial charge is 0.368 e. The number of benzene rings is 1. The molecule has 1 saturated carbocycles. The minimum absolute atomic E-state index is 0.0933. The summed E-state index contributed by atoms with van der Waals surface area (Å²) < 4.78 is 13.0. The van der Waals surface area contributed by atoms with Crippen LogP contribution in [-0.4, -0.2) is 53.0 Å². The maximum Gasteiger partial charge on any atom is 0.274 e. The van der Waals surface area contributed by atoms with Crippen LogP contribution in [-0.2, 0) is 0 Å². The fourth-order valence-electron chi connectivity index (χ4n) is 2.93. The number of nitrogens with zero attached hydrogens (tertiary/aromatic N) is 4. The topological polar surface area (TPSA) is 61.4 Å². The summed E-state index contributed by atoms with van der Waals surface area (Å²) in [5.41, 5.74) is 1.35. The highest BCUT2D eigenvalue weighted by Crippen LogP contribution is 2.23. The lowest BCUT2D eigenvalue weighted by Crippen LogP contribution is -2.49. The zero-order chi connectivity index (χ0) is 17.2. The van der Waals surface area contributed by atoms with Crippen molar-refractivity contribution in [1.82, 2.24) is 14.9 Å². The van der Waals surface area contributed by atoms with E-state index in [2.05, 4.69) is 20.2 Å². The highest BCUT2D eigenvalue weighted by molar-refractivity contribution is 5.92. The highest BCUT2D eigenvalue weighted by atomic mass is 19.1. The van der Waals surface area contributed by atoms with Gasteiger partial charge in [-0.25, -0.2) is 14.4 Å². The Morgan fingerprint density at radius 3 is 2.36 bits per heavy atom. The lowest BCUT2D eigenvalue weighted by molar-refractivity contribution is 0.0740. The molecule has 1 saturated heterocycles. The van der Waals surface area contributed by atoms with Crippen molar-refractivity contribution in [1.29, 1.82) is 0 Å². The third kappa shape index (κ3) is 3.70. The van der Waals surface area contributed by atoms with Gasteiger partial charge >= 0.3 is 0 Å². The van der Waals surface area contributed by atoms with Gasteiger partial charge in [0.2, 0.25) is 0 Å². The van der Waals surface area contributed by atoms with Crippen molar-refractivity contribution in [2.24, 2.45) is 0 Å².